The molecule has 31 heavy (non-hydrogen) atoms. The van der Waals surface area contributed by atoms with E-state index in [2.05, 4.69) is 34.6 Å². The second kappa shape index (κ2) is 10.4. The Morgan fingerprint density at radius 2 is 2.03 bits per heavy atom. The Morgan fingerprint density at radius 1 is 1.26 bits per heavy atom. The molecule has 6 nitrogen and oxygen atoms in total. The number of carbonyl (C=O) groups excluding carboxylic acids is 2. The average Bonchev–Trinajstić information content (AvgIpc) is 3.01. The molecule has 0 N–H and O–H groups in total. The fourth-order valence-corrected chi connectivity index (χ4v) is 4.48. The molecule has 1 aliphatic rings. The molecule has 3 rings (SSSR count). The number of hydrogen-bond donors (Lipinski definition) is 0. The first kappa shape index (κ1) is 22.7. The van der Waals surface area contributed by atoms with E-state index in [0.29, 0.717) is 34.1 Å². The minimum atomic E-state index is -0.408. The maximum Gasteiger partial charge on any atom is 0.294 e. The first-order valence-corrected chi connectivity index (χ1v) is 11.1. The van der Waals surface area contributed by atoms with Gasteiger partial charge in [0.25, 0.3) is 11.1 Å². The number of benzene rings is 2. The van der Waals surface area contributed by atoms with Gasteiger partial charge >= 0.3 is 0 Å². The number of thioether (sulfide) groups is 1. The van der Waals surface area contributed by atoms with Crippen LogP contribution in [0.15, 0.2) is 41.3 Å². The number of imide groups is 1. The first-order chi connectivity index (χ1) is 15.0. The van der Waals surface area contributed by atoms with Crippen LogP contribution in [-0.2, 0) is 11.4 Å². The van der Waals surface area contributed by atoms with E-state index in [1.54, 1.807) is 24.3 Å². The Bertz CT molecular complexity index is 1150. The molecule has 0 spiro atoms. The third-order valence-electron chi connectivity index (χ3n) is 4.26. The molecule has 2 amide bonds. The van der Waals surface area contributed by atoms with Crippen LogP contribution in [0.2, 0.25) is 0 Å². The van der Waals surface area contributed by atoms with Crippen molar-refractivity contribution in [1.29, 1.82) is 5.26 Å². The second-order valence-corrected chi connectivity index (χ2v) is 8.45. The molecule has 0 atom stereocenters. The summed E-state index contributed by atoms with van der Waals surface area (Å²) in [6.07, 6.45) is 6.87. The highest BCUT2D eigenvalue weighted by atomic mass is 127. The van der Waals surface area contributed by atoms with Crippen molar-refractivity contribution >= 4 is 51.6 Å². The fourth-order valence-electron chi connectivity index (χ4n) is 2.86. The predicted octanol–water partition coefficient (Wildman–Crippen LogP) is 4.81. The number of hydrogen-bond acceptors (Lipinski definition) is 6. The minimum Gasteiger partial charge on any atom is -0.490 e. The molecule has 0 aliphatic carbocycles. The first-order valence-electron chi connectivity index (χ1n) is 9.24. The highest BCUT2D eigenvalue weighted by molar-refractivity contribution is 14.1. The number of halogens is 1. The van der Waals surface area contributed by atoms with Gasteiger partial charge in [0.1, 0.15) is 6.61 Å². The van der Waals surface area contributed by atoms with Gasteiger partial charge in [-0.25, -0.2) is 0 Å². The minimum absolute atomic E-state index is 0.0549. The van der Waals surface area contributed by atoms with Crippen LogP contribution in [0.3, 0.4) is 0 Å². The van der Waals surface area contributed by atoms with Gasteiger partial charge in [-0.3, -0.25) is 14.5 Å². The summed E-state index contributed by atoms with van der Waals surface area (Å²) in [7, 11) is 0. The highest BCUT2D eigenvalue weighted by Gasteiger charge is 2.34. The van der Waals surface area contributed by atoms with Crippen molar-refractivity contribution < 1.29 is 19.1 Å². The van der Waals surface area contributed by atoms with Gasteiger partial charge in [0, 0.05) is 5.56 Å². The van der Waals surface area contributed by atoms with Crippen LogP contribution < -0.4 is 9.47 Å². The summed E-state index contributed by atoms with van der Waals surface area (Å²) in [6, 6.07) is 13.0. The second-order valence-electron chi connectivity index (χ2n) is 6.29. The van der Waals surface area contributed by atoms with Crippen molar-refractivity contribution in [2.75, 3.05) is 13.2 Å². The zero-order valence-corrected chi connectivity index (χ0v) is 19.5. The van der Waals surface area contributed by atoms with Crippen LogP contribution >= 0.6 is 34.4 Å². The normalized spacial score (nSPS) is 14.5. The number of nitriles is 1. The van der Waals surface area contributed by atoms with E-state index in [9.17, 15) is 14.9 Å². The van der Waals surface area contributed by atoms with Gasteiger partial charge in [-0.1, -0.05) is 24.1 Å². The number of ether oxygens (including phenoxy) is 2. The van der Waals surface area contributed by atoms with E-state index in [1.165, 1.54) is 0 Å². The van der Waals surface area contributed by atoms with Gasteiger partial charge in [-0.05, 0) is 71.1 Å². The lowest BCUT2D eigenvalue weighted by Gasteiger charge is -2.15. The van der Waals surface area contributed by atoms with Crippen LogP contribution in [0.25, 0.3) is 6.08 Å². The van der Waals surface area contributed by atoms with Gasteiger partial charge in [-0.2, -0.15) is 5.26 Å². The zero-order chi connectivity index (χ0) is 22.4. The number of terminal acetylenes is 1. The molecule has 1 fully saturated rings. The van der Waals surface area contributed by atoms with Crippen LogP contribution in [0, 0.1) is 27.2 Å². The largest absolute Gasteiger partial charge is 0.490 e. The molecule has 2 aromatic rings. The topological polar surface area (TPSA) is 79.6 Å². The van der Waals surface area contributed by atoms with Crippen molar-refractivity contribution in [3.05, 3.63) is 61.6 Å². The van der Waals surface area contributed by atoms with Crippen molar-refractivity contribution in [1.82, 2.24) is 4.90 Å². The third kappa shape index (κ3) is 5.22. The molecular weight excluding hydrogens is 527 g/mol. The Balaban J connectivity index is 1.89. The van der Waals surface area contributed by atoms with E-state index in [1.807, 2.05) is 25.1 Å². The smallest absolute Gasteiger partial charge is 0.294 e. The molecule has 1 heterocycles. The molecule has 2 aromatic carbocycles. The van der Waals surface area contributed by atoms with E-state index in [-0.39, 0.29) is 18.4 Å². The molecule has 0 unspecified atom stereocenters. The van der Waals surface area contributed by atoms with Crippen molar-refractivity contribution in [3.8, 4) is 29.9 Å². The quantitative estimate of drug-likeness (QED) is 0.283. The van der Waals surface area contributed by atoms with Gasteiger partial charge in [-0.15, -0.1) is 6.42 Å². The Labute approximate surface area is 198 Å². The third-order valence-corrected chi connectivity index (χ3v) is 5.97. The SMILES string of the molecule is C#CCN1C(=O)SC(=Cc2cc(I)c(OCc3ccccc3C#N)c(OCC)c2)C1=O. The van der Waals surface area contributed by atoms with E-state index < -0.39 is 5.91 Å². The number of carbonyl (C=O) groups is 2. The summed E-state index contributed by atoms with van der Waals surface area (Å²) in [5, 5.41) is 8.88. The van der Waals surface area contributed by atoms with E-state index >= 15 is 0 Å². The van der Waals surface area contributed by atoms with Crippen LogP contribution in [0.5, 0.6) is 11.5 Å². The molecule has 0 radical (unpaired) electrons. The molecule has 156 valence electrons. The molecule has 8 heteroatoms. The Hall–Kier alpha value is -2.95. The average molecular weight is 544 g/mol. The summed E-state index contributed by atoms with van der Waals surface area (Å²) in [5.74, 6) is 2.97. The van der Waals surface area contributed by atoms with Gasteiger partial charge < -0.3 is 9.47 Å². The summed E-state index contributed by atoms with van der Waals surface area (Å²) in [6.45, 7) is 2.44. The molecule has 0 saturated carbocycles. The van der Waals surface area contributed by atoms with Crippen molar-refractivity contribution in [2.24, 2.45) is 0 Å². The summed E-state index contributed by atoms with van der Waals surface area (Å²) >= 11 is 2.99. The van der Waals surface area contributed by atoms with Crippen LogP contribution in [0.4, 0.5) is 4.79 Å². The number of rotatable bonds is 7. The highest BCUT2D eigenvalue weighted by Crippen LogP contribution is 2.38. The molecule has 0 aromatic heterocycles. The van der Waals surface area contributed by atoms with E-state index in [4.69, 9.17) is 15.9 Å². The maximum atomic E-state index is 12.4. The number of amides is 2. The van der Waals surface area contributed by atoms with E-state index in [0.717, 1.165) is 25.8 Å². The fraction of sp³-hybridized carbons (Fsp3) is 0.174. The maximum absolute atomic E-state index is 12.4. The zero-order valence-electron chi connectivity index (χ0n) is 16.6. The molecular formula is C23H17IN2O4S. The number of nitrogens with zero attached hydrogens (tertiary/aromatic N) is 2. The monoisotopic (exact) mass is 544 g/mol. The molecule has 0 bridgehead atoms. The van der Waals surface area contributed by atoms with Crippen molar-refractivity contribution in [2.45, 2.75) is 13.5 Å². The lowest BCUT2D eigenvalue weighted by Crippen LogP contribution is -2.28. The van der Waals surface area contributed by atoms with Crippen LogP contribution in [0.1, 0.15) is 23.6 Å². The van der Waals surface area contributed by atoms with Gasteiger partial charge in [0.05, 0.1) is 33.3 Å². The van der Waals surface area contributed by atoms with Gasteiger partial charge in [0.2, 0.25) is 0 Å². The van der Waals surface area contributed by atoms with Gasteiger partial charge in [0.15, 0.2) is 11.5 Å². The lowest BCUT2D eigenvalue weighted by atomic mass is 10.1. The Morgan fingerprint density at radius 3 is 2.74 bits per heavy atom. The van der Waals surface area contributed by atoms with Crippen molar-refractivity contribution in [3.63, 3.8) is 0 Å². The van der Waals surface area contributed by atoms with Crippen LogP contribution in [-0.4, -0.2) is 29.2 Å². The molecule has 1 saturated heterocycles. The standard InChI is InChI=1S/C23H17IN2O4S/c1-3-9-26-22(27)20(31-23(26)28)12-15-10-18(24)21(19(11-15)29-4-2)30-14-17-8-6-5-7-16(17)13-25/h1,5-8,10-12H,4,9,14H2,2H3. The Kier molecular flexibility index (Phi) is 7.61. The summed E-state index contributed by atoms with van der Waals surface area (Å²) in [4.78, 5) is 25.8. The lowest BCUT2D eigenvalue weighted by molar-refractivity contribution is -0.122. The molecule has 1 aliphatic heterocycles. The predicted molar refractivity (Wildman–Crippen MR) is 127 cm³/mol. The summed E-state index contributed by atoms with van der Waals surface area (Å²) < 4.78 is 12.5. The summed E-state index contributed by atoms with van der Waals surface area (Å²) in [5.41, 5.74) is 2.02.